The zero-order valence-electron chi connectivity index (χ0n) is 38.2. The van der Waals surface area contributed by atoms with Crippen molar-refractivity contribution in [1.82, 2.24) is 0 Å². The van der Waals surface area contributed by atoms with Gasteiger partial charge in [0.05, 0.1) is 17.9 Å². The van der Waals surface area contributed by atoms with Gasteiger partial charge in [-0.3, -0.25) is 9.59 Å². The lowest BCUT2D eigenvalue weighted by Crippen LogP contribution is -2.31. The molecule has 0 aliphatic carbocycles. The van der Waals surface area contributed by atoms with Gasteiger partial charge in [-0.1, -0.05) is 259 Å². The van der Waals surface area contributed by atoms with E-state index in [4.69, 9.17) is 4.74 Å². The molecular formula is C51H100O4. The molecule has 2 atom stereocenters. The van der Waals surface area contributed by atoms with Gasteiger partial charge in [0.2, 0.25) is 0 Å². The summed E-state index contributed by atoms with van der Waals surface area (Å²) in [7, 11) is 0. The van der Waals surface area contributed by atoms with Crippen LogP contribution in [-0.4, -0.2) is 23.7 Å². The number of carbonyl (C=O) groups is 2. The molecule has 4 heteroatoms. The molecule has 328 valence electrons. The average molecular weight is 777 g/mol. The summed E-state index contributed by atoms with van der Waals surface area (Å²) in [6, 6.07) is 0. The van der Waals surface area contributed by atoms with Gasteiger partial charge in [0.15, 0.2) is 0 Å². The van der Waals surface area contributed by atoms with E-state index < -0.39 is 11.4 Å². The Kier molecular flexibility index (Phi) is 41.7. The molecule has 1 N–H and O–H groups in total. The molecule has 0 aromatic rings. The van der Waals surface area contributed by atoms with Crippen LogP contribution >= 0.6 is 0 Å². The lowest BCUT2D eigenvalue weighted by Gasteiger charge is -2.30. The first-order valence-electron chi connectivity index (χ1n) is 25.4. The minimum atomic E-state index is -0.515. The van der Waals surface area contributed by atoms with E-state index in [0.717, 1.165) is 57.8 Å². The van der Waals surface area contributed by atoms with E-state index in [9.17, 15) is 14.7 Å². The van der Waals surface area contributed by atoms with Crippen molar-refractivity contribution >= 4 is 11.9 Å². The van der Waals surface area contributed by atoms with Crippen molar-refractivity contribution in [2.45, 2.75) is 297 Å². The zero-order chi connectivity index (χ0) is 40.3. The van der Waals surface area contributed by atoms with E-state index in [1.807, 2.05) is 0 Å². The monoisotopic (exact) mass is 777 g/mol. The molecule has 55 heavy (non-hydrogen) atoms. The first kappa shape index (κ1) is 53.9. The number of hydrogen-bond acceptors (Lipinski definition) is 3. The Bertz CT molecular complexity index is 796. The number of hydrogen-bond donors (Lipinski definition) is 1. The third-order valence-electron chi connectivity index (χ3n) is 12.7. The first-order valence-corrected chi connectivity index (χ1v) is 25.4. The van der Waals surface area contributed by atoms with Crippen LogP contribution in [0, 0.1) is 11.3 Å². The highest BCUT2D eigenvalue weighted by Crippen LogP contribution is 2.38. The third kappa shape index (κ3) is 34.7. The highest BCUT2D eigenvalue weighted by Gasteiger charge is 2.36. The Morgan fingerprint density at radius 3 is 0.964 bits per heavy atom. The van der Waals surface area contributed by atoms with Crippen LogP contribution in [0.25, 0.3) is 0 Å². The van der Waals surface area contributed by atoms with Crippen LogP contribution in [0.15, 0.2) is 0 Å². The van der Waals surface area contributed by atoms with Gasteiger partial charge >= 0.3 is 11.9 Å². The van der Waals surface area contributed by atoms with Crippen LogP contribution in [0.1, 0.15) is 297 Å². The summed E-state index contributed by atoms with van der Waals surface area (Å²) in [6.45, 7) is 9.62. The number of esters is 1. The van der Waals surface area contributed by atoms with Gasteiger partial charge in [-0.25, -0.2) is 0 Å². The maximum absolute atomic E-state index is 12.9. The van der Waals surface area contributed by atoms with Crippen LogP contribution in [0.4, 0.5) is 0 Å². The second-order valence-electron chi connectivity index (χ2n) is 17.9. The number of aliphatic carboxylic acids is 1. The fourth-order valence-electron chi connectivity index (χ4n) is 8.71. The van der Waals surface area contributed by atoms with E-state index in [2.05, 4.69) is 27.7 Å². The van der Waals surface area contributed by atoms with Gasteiger partial charge in [-0.2, -0.15) is 0 Å². The summed E-state index contributed by atoms with van der Waals surface area (Å²) in [5, 5.41) is 10.3. The number of carboxylic acids is 1. The predicted molar refractivity (Wildman–Crippen MR) is 241 cm³/mol. The largest absolute Gasteiger partial charge is 0.481 e. The van der Waals surface area contributed by atoms with E-state index in [0.29, 0.717) is 6.61 Å². The fraction of sp³-hybridized carbons (Fsp3) is 0.961. The van der Waals surface area contributed by atoms with Crippen LogP contribution in [0.3, 0.4) is 0 Å². The number of carbonyl (C=O) groups excluding carboxylic acids is 1. The first-order chi connectivity index (χ1) is 27.0. The molecule has 0 aliphatic heterocycles. The average Bonchev–Trinajstić information content (AvgIpc) is 3.18. The lowest BCUT2D eigenvalue weighted by molar-refractivity contribution is -0.151. The molecule has 0 bridgehead atoms. The van der Waals surface area contributed by atoms with Crippen LogP contribution < -0.4 is 0 Å². The minimum Gasteiger partial charge on any atom is -0.481 e. The number of unbranched alkanes of at least 4 members (excludes halogenated alkanes) is 32. The maximum Gasteiger partial charge on any atom is 0.309 e. The molecule has 2 unspecified atom stereocenters. The molecule has 0 spiro atoms. The Hall–Kier alpha value is -1.06. The standard InChI is InChI=1S/C51H100O4/c1-5-9-13-17-32-37-43-48(42-36-15-11-7-3)49(52)55-47-41-35-31-29-27-25-23-21-19-20-22-24-26-28-30-34-40-46-51(50(53)54,44-38-16-12-8-4)45-39-33-18-14-10-6-2/h48H,5-47H2,1-4H3,(H,53,54). The van der Waals surface area contributed by atoms with E-state index in [-0.39, 0.29) is 11.9 Å². The van der Waals surface area contributed by atoms with Crippen LogP contribution in [0.2, 0.25) is 0 Å². The Morgan fingerprint density at radius 2 is 0.636 bits per heavy atom. The molecule has 0 aromatic carbocycles. The fourth-order valence-corrected chi connectivity index (χ4v) is 8.71. The molecule has 4 nitrogen and oxygen atoms in total. The lowest BCUT2D eigenvalue weighted by atomic mass is 9.74. The molecule has 0 aliphatic rings. The highest BCUT2D eigenvalue weighted by molar-refractivity contribution is 5.74. The van der Waals surface area contributed by atoms with Crippen molar-refractivity contribution in [3.05, 3.63) is 0 Å². The number of ether oxygens (including phenoxy) is 1. The quantitative estimate of drug-likeness (QED) is 0.0494. The highest BCUT2D eigenvalue weighted by atomic mass is 16.5. The van der Waals surface area contributed by atoms with Gasteiger partial charge in [-0.15, -0.1) is 0 Å². The molecule has 0 amide bonds. The summed E-state index contributed by atoms with van der Waals surface area (Å²) in [5.41, 5.74) is -0.472. The summed E-state index contributed by atoms with van der Waals surface area (Å²) in [5.74, 6) is -0.302. The Balaban J connectivity index is 3.88. The Labute approximate surface area is 345 Å². The summed E-state index contributed by atoms with van der Waals surface area (Å²) >= 11 is 0. The predicted octanol–water partition coefficient (Wildman–Crippen LogP) is 17.7. The van der Waals surface area contributed by atoms with Gasteiger partial charge in [0.1, 0.15) is 0 Å². The van der Waals surface area contributed by atoms with Gasteiger partial charge in [0, 0.05) is 0 Å². The second kappa shape index (κ2) is 42.5. The van der Waals surface area contributed by atoms with Crippen LogP contribution in [0.5, 0.6) is 0 Å². The summed E-state index contributed by atoms with van der Waals surface area (Å²) in [4.78, 5) is 25.4. The molecule has 0 radical (unpaired) electrons. The normalized spacial score (nSPS) is 13.2. The van der Waals surface area contributed by atoms with Gasteiger partial charge in [-0.05, 0) is 38.5 Å². The van der Waals surface area contributed by atoms with E-state index in [1.165, 1.54) is 212 Å². The molecule has 0 aromatic heterocycles. The summed E-state index contributed by atoms with van der Waals surface area (Å²) in [6.07, 6.45) is 51.5. The molecule has 0 fully saturated rings. The number of rotatable bonds is 46. The molecule has 0 heterocycles. The third-order valence-corrected chi connectivity index (χ3v) is 12.7. The maximum atomic E-state index is 12.9. The van der Waals surface area contributed by atoms with E-state index in [1.54, 1.807) is 0 Å². The molecular weight excluding hydrogens is 677 g/mol. The van der Waals surface area contributed by atoms with Crippen LogP contribution in [-0.2, 0) is 14.3 Å². The summed E-state index contributed by atoms with van der Waals surface area (Å²) < 4.78 is 5.79. The topological polar surface area (TPSA) is 63.6 Å². The van der Waals surface area contributed by atoms with Gasteiger partial charge < -0.3 is 9.84 Å². The van der Waals surface area contributed by atoms with Crippen molar-refractivity contribution < 1.29 is 19.4 Å². The smallest absolute Gasteiger partial charge is 0.309 e. The van der Waals surface area contributed by atoms with Crippen molar-refractivity contribution in [2.24, 2.45) is 11.3 Å². The van der Waals surface area contributed by atoms with Crippen molar-refractivity contribution in [3.63, 3.8) is 0 Å². The Morgan fingerprint density at radius 1 is 0.382 bits per heavy atom. The van der Waals surface area contributed by atoms with Gasteiger partial charge in [0.25, 0.3) is 0 Å². The van der Waals surface area contributed by atoms with Crippen molar-refractivity contribution in [3.8, 4) is 0 Å². The molecule has 0 saturated carbocycles. The molecule has 0 saturated heterocycles. The second-order valence-corrected chi connectivity index (χ2v) is 17.9. The van der Waals surface area contributed by atoms with Crippen molar-refractivity contribution in [1.29, 1.82) is 0 Å². The zero-order valence-corrected chi connectivity index (χ0v) is 38.2. The SMILES string of the molecule is CCCCCCCCC(CCCCCC)C(=O)OCCCCCCCCCCCCCCCCCCCC(CCCCCC)(CCCCCCCC)C(=O)O. The number of carboxylic acid groups (broad SMARTS) is 1. The van der Waals surface area contributed by atoms with E-state index >= 15 is 0 Å². The van der Waals surface area contributed by atoms with Crippen molar-refractivity contribution in [2.75, 3.05) is 6.61 Å². The molecule has 0 rings (SSSR count). The minimum absolute atomic E-state index is 0.0862.